The van der Waals surface area contributed by atoms with Gasteiger partial charge in [0.25, 0.3) is 0 Å². The van der Waals surface area contributed by atoms with Crippen LogP contribution >= 0.6 is 15.9 Å². The van der Waals surface area contributed by atoms with E-state index in [1.807, 2.05) is 6.08 Å². The number of carbonyl (C=O) groups is 2. The lowest BCUT2D eigenvalue weighted by molar-refractivity contribution is -0.127. The highest BCUT2D eigenvalue weighted by Crippen LogP contribution is 2.60. The van der Waals surface area contributed by atoms with Crippen LogP contribution in [-0.4, -0.2) is 16.4 Å². The van der Waals surface area contributed by atoms with Crippen LogP contribution in [0, 0.1) is 23.2 Å². The molecule has 22 heavy (non-hydrogen) atoms. The summed E-state index contributed by atoms with van der Waals surface area (Å²) in [5, 5.41) is 0. The van der Waals surface area contributed by atoms with Crippen molar-refractivity contribution in [1.82, 2.24) is 0 Å². The minimum absolute atomic E-state index is 0.0482. The predicted molar refractivity (Wildman–Crippen MR) is 89.8 cm³/mol. The first-order chi connectivity index (χ1) is 10.4. The number of ketones is 2. The maximum atomic E-state index is 12.6. The summed E-state index contributed by atoms with van der Waals surface area (Å²) < 4.78 is 0. The van der Waals surface area contributed by atoms with Gasteiger partial charge in [0.05, 0.1) is 4.83 Å². The Kier molecular flexibility index (Phi) is 3.31. The first-order valence-corrected chi connectivity index (χ1v) is 9.46. The maximum absolute atomic E-state index is 12.6. The second-order valence-electron chi connectivity index (χ2n) is 7.89. The van der Waals surface area contributed by atoms with Gasteiger partial charge in [0.2, 0.25) is 0 Å². The fourth-order valence-corrected chi connectivity index (χ4v) is 6.55. The Morgan fingerprint density at radius 2 is 2.00 bits per heavy atom. The molecule has 0 N–H and O–H groups in total. The number of halogens is 1. The Hall–Kier alpha value is -0.700. The van der Waals surface area contributed by atoms with Crippen molar-refractivity contribution >= 4 is 27.5 Å². The maximum Gasteiger partial charge on any atom is 0.156 e. The molecule has 0 heterocycles. The van der Waals surface area contributed by atoms with Crippen LogP contribution in [0.3, 0.4) is 0 Å². The SMILES string of the molecule is CC1=C2CCC3(C)C(=O)C(Br)CC3C2CC2CCC(=O)C=C12. The summed E-state index contributed by atoms with van der Waals surface area (Å²) in [7, 11) is 0. The summed E-state index contributed by atoms with van der Waals surface area (Å²) in [6, 6.07) is 0. The average molecular weight is 363 g/mol. The molecule has 118 valence electrons. The molecule has 0 aromatic rings. The zero-order valence-electron chi connectivity index (χ0n) is 13.3. The summed E-state index contributed by atoms with van der Waals surface area (Å²) in [6.07, 6.45) is 7.77. The highest BCUT2D eigenvalue weighted by Gasteiger charge is 2.57. The number of hydrogen-bond acceptors (Lipinski definition) is 2. The number of hydrogen-bond donors (Lipinski definition) is 0. The molecule has 2 saturated carbocycles. The number of fused-ring (bicyclic) bond motifs is 4. The third-order valence-corrected chi connectivity index (χ3v) is 7.71. The lowest BCUT2D eigenvalue weighted by Crippen LogP contribution is -2.42. The lowest BCUT2D eigenvalue weighted by atomic mass is 9.56. The van der Waals surface area contributed by atoms with E-state index < -0.39 is 0 Å². The zero-order valence-corrected chi connectivity index (χ0v) is 14.9. The number of alkyl halides is 1. The van der Waals surface area contributed by atoms with Gasteiger partial charge in [-0.1, -0.05) is 28.4 Å². The van der Waals surface area contributed by atoms with Crippen molar-refractivity contribution < 1.29 is 9.59 Å². The van der Waals surface area contributed by atoms with Gasteiger partial charge in [-0.2, -0.15) is 0 Å². The van der Waals surface area contributed by atoms with E-state index in [0.29, 0.717) is 35.7 Å². The molecule has 4 aliphatic rings. The summed E-state index contributed by atoms with van der Waals surface area (Å²) in [4.78, 5) is 24.5. The number of carbonyl (C=O) groups excluding carboxylic acids is 2. The van der Waals surface area contributed by atoms with Crippen molar-refractivity contribution in [3.05, 3.63) is 22.8 Å². The molecule has 0 bridgehead atoms. The van der Waals surface area contributed by atoms with Crippen molar-refractivity contribution in [2.75, 3.05) is 0 Å². The number of Topliss-reactive ketones (excluding diaryl/α,β-unsaturated/α-hetero) is 1. The van der Waals surface area contributed by atoms with Crippen LogP contribution in [-0.2, 0) is 9.59 Å². The highest BCUT2D eigenvalue weighted by atomic mass is 79.9. The lowest BCUT2D eigenvalue weighted by Gasteiger charge is -2.47. The first kappa shape index (κ1) is 14.9. The fraction of sp³-hybridized carbons (Fsp3) is 0.684. The Balaban J connectivity index is 1.77. The standard InChI is InChI=1S/C19H23BrO2/c1-10-13-5-6-19(2)16(9-17(20)18(19)22)15(13)7-11-3-4-12(21)8-14(10)11/h8,11,15-17H,3-7,9H2,1-2H3. The van der Waals surface area contributed by atoms with Crippen molar-refractivity contribution in [1.29, 1.82) is 0 Å². The van der Waals surface area contributed by atoms with E-state index in [4.69, 9.17) is 0 Å². The molecule has 5 atom stereocenters. The second-order valence-corrected chi connectivity index (χ2v) is 8.99. The van der Waals surface area contributed by atoms with Crippen LogP contribution in [0.4, 0.5) is 0 Å². The van der Waals surface area contributed by atoms with Crippen molar-refractivity contribution in [3.63, 3.8) is 0 Å². The minimum Gasteiger partial charge on any atom is -0.298 e. The van der Waals surface area contributed by atoms with Gasteiger partial charge in [-0.3, -0.25) is 9.59 Å². The van der Waals surface area contributed by atoms with Gasteiger partial charge in [0.15, 0.2) is 11.6 Å². The second kappa shape index (κ2) is 4.90. The van der Waals surface area contributed by atoms with Gasteiger partial charge in [0, 0.05) is 11.8 Å². The van der Waals surface area contributed by atoms with Crippen molar-refractivity contribution in [2.24, 2.45) is 23.2 Å². The molecule has 0 amide bonds. The summed E-state index contributed by atoms with van der Waals surface area (Å²) >= 11 is 3.62. The normalized spacial score (nSPS) is 44.4. The minimum atomic E-state index is -0.131. The quantitative estimate of drug-likeness (QED) is 0.599. The molecular formula is C19H23BrO2. The van der Waals surface area contributed by atoms with Gasteiger partial charge in [-0.25, -0.2) is 0 Å². The molecule has 0 aromatic carbocycles. The molecule has 5 unspecified atom stereocenters. The Bertz CT molecular complexity index is 629. The fourth-order valence-electron chi connectivity index (χ4n) is 5.63. The third kappa shape index (κ3) is 1.90. The van der Waals surface area contributed by atoms with E-state index in [1.165, 1.54) is 11.1 Å². The average Bonchev–Trinajstić information content (AvgIpc) is 2.72. The van der Waals surface area contributed by atoms with E-state index in [9.17, 15) is 9.59 Å². The van der Waals surface area contributed by atoms with Crippen molar-refractivity contribution in [3.8, 4) is 0 Å². The largest absolute Gasteiger partial charge is 0.298 e. The van der Waals surface area contributed by atoms with Gasteiger partial charge in [0.1, 0.15) is 0 Å². The van der Waals surface area contributed by atoms with Gasteiger partial charge >= 0.3 is 0 Å². The molecule has 0 radical (unpaired) electrons. The first-order valence-electron chi connectivity index (χ1n) is 8.54. The zero-order chi connectivity index (χ0) is 15.6. The number of allylic oxidation sites excluding steroid dienone is 4. The molecule has 4 rings (SSSR count). The molecule has 2 fully saturated rings. The molecule has 0 saturated heterocycles. The molecule has 2 nitrogen and oxygen atoms in total. The third-order valence-electron chi connectivity index (χ3n) is 6.92. The van der Waals surface area contributed by atoms with Gasteiger partial charge in [-0.05, 0) is 74.0 Å². The summed E-state index contributed by atoms with van der Waals surface area (Å²) in [6.45, 7) is 4.41. The Morgan fingerprint density at radius 1 is 1.23 bits per heavy atom. The predicted octanol–water partition coefficient (Wildman–Crippen LogP) is 4.38. The van der Waals surface area contributed by atoms with Crippen LogP contribution in [0.2, 0.25) is 0 Å². The molecule has 3 heteroatoms. The van der Waals surface area contributed by atoms with E-state index in [1.54, 1.807) is 5.57 Å². The number of rotatable bonds is 0. The molecule has 4 aliphatic carbocycles. The van der Waals surface area contributed by atoms with E-state index in [0.717, 1.165) is 32.1 Å². The topological polar surface area (TPSA) is 34.1 Å². The van der Waals surface area contributed by atoms with Crippen LogP contribution in [0.25, 0.3) is 0 Å². The molecule has 0 spiro atoms. The van der Waals surface area contributed by atoms with Gasteiger partial charge < -0.3 is 0 Å². The Labute approximate surface area is 140 Å². The smallest absolute Gasteiger partial charge is 0.156 e. The molecule has 0 aromatic heterocycles. The molecular weight excluding hydrogens is 340 g/mol. The van der Waals surface area contributed by atoms with Crippen LogP contribution < -0.4 is 0 Å². The van der Waals surface area contributed by atoms with Crippen LogP contribution in [0.15, 0.2) is 22.8 Å². The van der Waals surface area contributed by atoms with Crippen molar-refractivity contribution in [2.45, 2.75) is 57.2 Å². The highest BCUT2D eigenvalue weighted by molar-refractivity contribution is 9.10. The summed E-state index contributed by atoms with van der Waals surface area (Å²) in [5.74, 6) is 2.30. The van der Waals surface area contributed by atoms with E-state index in [-0.39, 0.29) is 10.2 Å². The van der Waals surface area contributed by atoms with Crippen LogP contribution in [0.5, 0.6) is 0 Å². The molecule has 0 aliphatic heterocycles. The van der Waals surface area contributed by atoms with Gasteiger partial charge in [-0.15, -0.1) is 0 Å². The Morgan fingerprint density at radius 3 is 2.77 bits per heavy atom. The van der Waals surface area contributed by atoms with E-state index in [2.05, 4.69) is 29.8 Å². The summed E-state index contributed by atoms with van der Waals surface area (Å²) in [5.41, 5.74) is 4.11. The van der Waals surface area contributed by atoms with Crippen LogP contribution in [0.1, 0.15) is 52.4 Å². The monoisotopic (exact) mass is 362 g/mol. The van der Waals surface area contributed by atoms with E-state index >= 15 is 0 Å².